The Hall–Kier alpha value is -1.20. The number of carboxylic acid groups (broad SMARTS) is 1. The quantitative estimate of drug-likeness (QED) is 0.925. The van der Waals surface area contributed by atoms with Gasteiger partial charge in [-0.25, -0.2) is 4.98 Å². The van der Waals surface area contributed by atoms with E-state index in [-0.39, 0.29) is 0 Å². The van der Waals surface area contributed by atoms with Crippen LogP contribution in [0.25, 0.3) is 10.6 Å². The molecule has 0 atom stereocenters. The lowest BCUT2D eigenvalue weighted by Gasteiger charge is -2.15. The van der Waals surface area contributed by atoms with Crippen molar-refractivity contribution in [3.8, 4) is 10.6 Å². The summed E-state index contributed by atoms with van der Waals surface area (Å²) in [5.41, 5.74) is 1.98. The van der Waals surface area contributed by atoms with Crippen molar-refractivity contribution in [3.05, 3.63) is 27.4 Å². The van der Waals surface area contributed by atoms with Crippen LogP contribution in [-0.4, -0.2) is 16.1 Å². The Labute approximate surface area is 108 Å². The second kappa shape index (κ2) is 4.23. The second-order valence-electron chi connectivity index (χ2n) is 4.44. The number of aryl methyl sites for hydroxylation is 1. The van der Waals surface area contributed by atoms with E-state index in [1.165, 1.54) is 16.9 Å². The molecule has 0 aliphatic rings. The van der Waals surface area contributed by atoms with Gasteiger partial charge in [0.1, 0.15) is 10.4 Å². The van der Waals surface area contributed by atoms with Crippen molar-refractivity contribution in [2.24, 2.45) is 0 Å². The van der Waals surface area contributed by atoms with E-state index in [9.17, 15) is 4.79 Å². The van der Waals surface area contributed by atoms with Crippen LogP contribution in [0.2, 0.25) is 0 Å². The lowest BCUT2D eigenvalue weighted by Crippen LogP contribution is -2.28. The van der Waals surface area contributed by atoms with Gasteiger partial charge < -0.3 is 5.11 Å². The van der Waals surface area contributed by atoms with Gasteiger partial charge in [0.25, 0.3) is 0 Å². The van der Waals surface area contributed by atoms with Crippen LogP contribution in [0.3, 0.4) is 0 Å². The number of hydrogen-bond donors (Lipinski definition) is 1. The van der Waals surface area contributed by atoms with Gasteiger partial charge in [0.15, 0.2) is 0 Å². The molecule has 0 aliphatic heterocycles. The van der Waals surface area contributed by atoms with Crippen molar-refractivity contribution < 1.29 is 9.90 Å². The Morgan fingerprint density at radius 1 is 1.35 bits per heavy atom. The summed E-state index contributed by atoms with van der Waals surface area (Å²) < 4.78 is 0. The van der Waals surface area contributed by atoms with Gasteiger partial charge in [-0.05, 0) is 31.7 Å². The zero-order valence-corrected chi connectivity index (χ0v) is 11.5. The molecule has 2 heterocycles. The molecule has 0 unspecified atom stereocenters. The highest BCUT2D eigenvalue weighted by atomic mass is 32.1. The summed E-state index contributed by atoms with van der Waals surface area (Å²) in [6.45, 7) is 5.39. The van der Waals surface area contributed by atoms with Gasteiger partial charge in [0, 0.05) is 16.3 Å². The minimum atomic E-state index is -0.932. The van der Waals surface area contributed by atoms with Crippen LogP contribution in [0.15, 0.2) is 16.1 Å². The van der Waals surface area contributed by atoms with Crippen molar-refractivity contribution in [1.29, 1.82) is 0 Å². The van der Waals surface area contributed by atoms with Gasteiger partial charge in [-0.15, -0.1) is 11.3 Å². The van der Waals surface area contributed by atoms with Crippen molar-refractivity contribution in [3.63, 3.8) is 0 Å². The van der Waals surface area contributed by atoms with Crippen molar-refractivity contribution in [2.45, 2.75) is 26.2 Å². The highest BCUT2D eigenvalue weighted by molar-refractivity contribution is 7.14. The minimum absolute atomic E-state index is 0.621. The van der Waals surface area contributed by atoms with Crippen LogP contribution in [-0.2, 0) is 10.2 Å². The lowest BCUT2D eigenvalue weighted by molar-refractivity contribution is -0.142. The molecule has 0 fully saturated rings. The first-order valence-corrected chi connectivity index (χ1v) is 6.97. The van der Waals surface area contributed by atoms with Crippen LogP contribution in [0.4, 0.5) is 0 Å². The zero-order valence-electron chi connectivity index (χ0n) is 9.85. The van der Waals surface area contributed by atoms with E-state index in [1.807, 2.05) is 17.7 Å². The smallest absolute Gasteiger partial charge is 0.315 e. The van der Waals surface area contributed by atoms with Crippen molar-refractivity contribution in [2.75, 3.05) is 0 Å². The average Bonchev–Trinajstić information content (AvgIpc) is 2.85. The standard InChI is InChI=1S/C12H13NO2S2/c1-7-4-16-5-8(7)10-13-9(6-17-10)12(2,3)11(14)15/h4-6H,1-3H3,(H,14,15). The molecule has 90 valence electrons. The summed E-state index contributed by atoms with van der Waals surface area (Å²) in [5.74, 6) is -0.851. The van der Waals surface area contributed by atoms with Gasteiger partial charge >= 0.3 is 5.97 Å². The Kier molecular flexibility index (Phi) is 3.05. The first-order chi connectivity index (χ1) is 7.93. The Morgan fingerprint density at radius 3 is 2.59 bits per heavy atom. The van der Waals surface area contributed by atoms with Crippen LogP contribution < -0.4 is 0 Å². The third-order valence-corrected chi connectivity index (χ3v) is 4.50. The van der Waals surface area contributed by atoms with E-state index in [0.29, 0.717) is 5.69 Å². The van der Waals surface area contributed by atoms with Crippen LogP contribution in [0.5, 0.6) is 0 Å². The molecule has 2 aromatic rings. The fourth-order valence-electron chi connectivity index (χ4n) is 1.37. The molecule has 0 bridgehead atoms. The average molecular weight is 267 g/mol. The molecule has 5 heteroatoms. The van der Waals surface area contributed by atoms with Gasteiger partial charge in [0.05, 0.1) is 5.69 Å². The highest BCUT2D eigenvalue weighted by Crippen LogP contribution is 2.33. The Balaban J connectivity index is 2.41. The molecule has 0 aliphatic carbocycles. The molecule has 1 N–H and O–H groups in total. The van der Waals surface area contributed by atoms with E-state index in [1.54, 1.807) is 25.2 Å². The van der Waals surface area contributed by atoms with Crippen molar-refractivity contribution in [1.82, 2.24) is 4.98 Å². The van der Waals surface area contributed by atoms with Crippen molar-refractivity contribution >= 4 is 28.6 Å². The van der Waals surface area contributed by atoms with E-state index < -0.39 is 11.4 Å². The van der Waals surface area contributed by atoms with Crippen LogP contribution in [0.1, 0.15) is 25.1 Å². The Bertz CT molecular complexity index is 554. The number of hydrogen-bond acceptors (Lipinski definition) is 4. The van der Waals surface area contributed by atoms with E-state index in [0.717, 1.165) is 10.6 Å². The molecule has 3 nitrogen and oxygen atoms in total. The molecule has 2 rings (SSSR count). The summed E-state index contributed by atoms with van der Waals surface area (Å²) in [6, 6.07) is 0. The van der Waals surface area contributed by atoms with Gasteiger partial charge in [-0.1, -0.05) is 0 Å². The maximum Gasteiger partial charge on any atom is 0.315 e. The predicted octanol–water partition coefficient (Wildman–Crippen LogP) is 3.54. The van der Waals surface area contributed by atoms with Crippen LogP contribution >= 0.6 is 22.7 Å². The molecule has 0 saturated heterocycles. The number of rotatable bonds is 3. The molecule has 0 amide bonds. The van der Waals surface area contributed by atoms with E-state index >= 15 is 0 Å². The molecular weight excluding hydrogens is 254 g/mol. The topological polar surface area (TPSA) is 50.2 Å². The summed E-state index contributed by atoms with van der Waals surface area (Å²) in [5, 5.41) is 16.0. The molecule has 0 saturated carbocycles. The number of nitrogens with zero attached hydrogens (tertiary/aromatic N) is 1. The van der Waals surface area contributed by atoms with Gasteiger partial charge in [-0.2, -0.15) is 11.3 Å². The summed E-state index contributed by atoms with van der Waals surface area (Å²) in [4.78, 5) is 15.6. The molecule has 17 heavy (non-hydrogen) atoms. The predicted molar refractivity (Wildman–Crippen MR) is 70.8 cm³/mol. The largest absolute Gasteiger partial charge is 0.481 e. The first kappa shape index (κ1) is 12.3. The van der Waals surface area contributed by atoms with E-state index in [2.05, 4.69) is 10.4 Å². The number of carbonyl (C=O) groups is 1. The highest BCUT2D eigenvalue weighted by Gasteiger charge is 2.32. The zero-order chi connectivity index (χ0) is 12.6. The minimum Gasteiger partial charge on any atom is -0.481 e. The second-order valence-corrected chi connectivity index (χ2v) is 6.04. The number of thiophene rings is 1. The fraction of sp³-hybridized carbons (Fsp3) is 0.333. The third kappa shape index (κ3) is 2.12. The van der Waals surface area contributed by atoms with Gasteiger partial charge in [0.2, 0.25) is 0 Å². The summed E-state index contributed by atoms with van der Waals surface area (Å²) in [6.07, 6.45) is 0. The maximum absolute atomic E-state index is 11.2. The third-order valence-electron chi connectivity index (χ3n) is 2.77. The number of aromatic nitrogens is 1. The van der Waals surface area contributed by atoms with Crippen LogP contribution in [0, 0.1) is 6.92 Å². The summed E-state index contributed by atoms with van der Waals surface area (Å²) in [7, 11) is 0. The number of carboxylic acids is 1. The van der Waals surface area contributed by atoms with E-state index in [4.69, 9.17) is 5.11 Å². The Morgan fingerprint density at radius 2 is 2.06 bits per heavy atom. The number of aliphatic carboxylic acids is 1. The SMILES string of the molecule is Cc1cscc1-c1nc(C(C)(C)C(=O)O)cs1. The molecule has 0 spiro atoms. The number of thiazole rings is 1. The molecule has 0 radical (unpaired) electrons. The monoisotopic (exact) mass is 267 g/mol. The first-order valence-electron chi connectivity index (χ1n) is 5.15. The van der Waals surface area contributed by atoms with Gasteiger partial charge in [-0.3, -0.25) is 4.79 Å². The molecule has 2 aromatic heterocycles. The maximum atomic E-state index is 11.2. The lowest BCUT2D eigenvalue weighted by atomic mass is 9.90. The molecular formula is C12H13NO2S2. The fourth-order valence-corrected chi connectivity index (χ4v) is 3.35. The molecule has 0 aromatic carbocycles. The summed E-state index contributed by atoms with van der Waals surface area (Å²) >= 11 is 3.13. The normalized spacial score (nSPS) is 11.7.